The van der Waals surface area contributed by atoms with E-state index in [-0.39, 0.29) is 0 Å². The predicted molar refractivity (Wildman–Crippen MR) is 51.1 cm³/mol. The number of rotatable bonds is 5. The molecule has 0 spiro atoms. The molecule has 4 heteroatoms. The zero-order chi connectivity index (χ0) is 9.68. The number of hydrogen-bond donors (Lipinski definition) is 1. The average molecular weight is 198 g/mol. The van der Waals surface area contributed by atoms with Crippen molar-refractivity contribution in [3.8, 4) is 0 Å². The third kappa shape index (κ3) is 2.68. The Labute approximate surface area is 80.3 Å². The highest BCUT2D eigenvalue weighted by Crippen LogP contribution is 2.17. The van der Waals surface area contributed by atoms with Gasteiger partial charge in [0.2, 0.25) is 0 Å². The van der Waals surface area contributed by atoms with Crippen LogP contribution in [0.15, 0.2) is 24.1 Å². The van der Waals surface area contributed by atoms with Gasteiger partial charge < -0.3 is 9.84 Å². The number of hydrogen-bond acceptors (Lipinski definition) is 3. The molecule has 0 fully saturated rings. The summed E-state index contributed by atoms with van der Waals surface area (Å²) in [6.07, 6.45) is 1.63. The maximum atomic E-state index is 10.7. The maximum Gasteiger partial charge on any atom is 0.346 e. The molecule has 0 aliphatic heterocycles. The van der Waals surface area contributed by atoms with E-state index in [1.54, 1.807) is 17.5 Å². The molecule has 0 aromatic carbocycles. The second-order valence-electron chi connectivity index (χ2n) is 2.38. The van der Waals surface area contributed by atoms with Crippen LogP contribution in [0.2, 0.25) is 0 Å². The molecule has 0 atom stereocenters. The van der Waals surface area contributed by atoms with Crippen molar-refractivity contribution in [1.29, 1.82) is 0 Å². The Bertz CT molecular complexity index is 304. The second kappa shape index (κ2) is 4.79. The van der Waals surface area contributed by atoms with Gasteiger partial charge in [-0.25, -0.2) is 4.79 Å². The molecule has 13 heavy (non-hydrogen) atoms. The lowest BCUT2D eigenvalue weighted by atomic mass is 10.3. The van der Waals surface area contributed by atoms with Gasteiger partial charge in [0.15, 0.2) is 0 Å². The molecule has 0 bridgehead atoms. The SMILES string of the molecule is C=CCOCc1ccsc1C(=O)O. The van der Waals surface area contributed by atoms with Gasteiger partial charge in [-0.15, -0.1) is 17.9 Å². The van der Waals surface area contributed by atoms with Gasteiger partial charge in [0.25, 0.3) is 0 Å². The van der Waals surface area contributed by atoms with Crippen LogP contribution in [0.4, 0.5) is 0 Å². The van der Waals surface area contributed by atoms with Crippen molar-refractivity contribution >= 4 is 17.3 Å². The fraction of sp³-hybridized carbons (Fsp3) is 0.222. The number of carboxylic acids is 1. The molecule has 0 saturated heterocycles. The quantitative estimate of drug-likeness (QED) is 0.582. The minimum Gasteiger partial charge on any atom is -0.477 e. The number of ether oxygens (including phenoxy) is 1. The first kappa shape index (κ1) is 9.95. The smallest absolute Gasteiger partial charge is 0.346 e. The summed E-state index contributed by atoms with van der Waals surface area (Å²) in [4.78, 5) is 11.0. The van der Waals surface area contributed by atoms with Gasteiger partial charge in [0, 0.05) is 5.56 Å². The maximum absolute atomic E-state index is 10.7. The number of aromatic carboxylic acids is 1. The van der Waals surface area contributed by atoms with Crippen molar-refractivity contribution < 1.29 is 14.6 Å². The monoisotopic (exact) mass is 198 g/mol. The zero-order valence-corrected chi connectivity index (χ0v) is 7.84. The van der Waals surface area contributed by atoms with Crippen molar-refractivity contribution in [3.05, 3.63) is 34.5 Å². The van der Waals surface area contributed by atoms with Crippen LogP contribution in [-0.4, -0.2) is 17.7 Å². The summed E-state index contributed by atoms with van der Waals surface area (Å²) in [5.74, 6) is -0.896. The molecule has 1 rings (SSSR count). The van der Waals surface area contributed by atoms with E-state index in [4.69, 9.17) is 9.84 Å². The summed E-state index contributed by atoms with van der Waals surface area (Å²) in [6.45, 7) is 4.27. The van der Waals surface area contributed by atoms with Crippen LogP contribution in [0.1, 0.15) is 15.2 Å². The molecule has 70 valence electrons. The molecule has 3 nitrogen and oxygen atoms in total. The number of thiophene rings is 1. The van der Waals surface area contributed by atoms with Gasteiger partial charge in [0.1, 0.15) is 4.88 Å². The van der Waals surface area contributed by atoms with Crippen LogP contribution in [0.5, 0.6) is 0 Å². The molecule has 0 aliphatic carbocycles. The van der Waals surface area contributed by atoms with Crippen molar-refractivity contribution in [2.75, 3.05) is 6.61 Å². The summed E-state index contributed by atoms with van der Waals surface area (Å²) < 4.78 is 5.14. The van der Waals surface area contributed by atoms with Crippen LogP contribution in [0.3, 0.4) is 0 Å². The first-order valence-electron chi connectivity index (χ1n) is 3.74. The highest BCUT2D eigenvalue weighted by Gasteiger charge is 2.10. The normalized spacial score (nSPS) is 9.85. The summed E-state index contributed by atoms with van der Waals surface area (Å²) in [5.41, 5.74) is 0.722. The molecule has 1 aromatic rings. The Hall–Kier alpha value is -1.13. The van der Waals surface area contributed by atoms with Crippen LogP contribution in [0, 0.1) is 0 Å². The van der Waals surface area contributed by atoms with E-state index < -0.39 is 5.97 Å². The highest BCUT2D eigenvalue weighted by atomic mass is 32.1. The first-order chi connectivity index (χ1) is 6.25. The van der Waals surface area contributed by atoms with Crippen molar-refractivity contribution in [2.24, 2.45) is 0 Å². The van der Waals surface area contributed by atoms with Gasteiger partial charge in [-0.1, -0.05) is 6.08 Å². The third-order valence-electron chi connectivity index (χ3n) is 1.43. The van der Waals surface area contributed by atoms with Crippen LogP contribution in [0.25, 0.3) is 0 Å². The fourth-order valence-electron chi connectivity index (χ4n) is 0.889. The Balaban J connectivity index is 2.60. The van der Waals surface area contributed by atoms with Crippen LogP contribution in [-0.2, 0) is 11.3 Å². The van der Waals surface area contributed by atoms with Crippen molar-refractivity contribution in [1.82, 2.24) is 0 Å². The van der Waals surface area contributed by atoms with E-state index in [0.717, 1.165) is 5.56 Å². The van der Waals surface area contributed by atoms with Crippen LogP contribution >= 0.6 is 11.3 Å². The van der Waals surface area contributed by atoms with Gasteiger partial charge in [-0.3, -0.25) is 0 Å². The fourth-order valence-corrected chi connectivity index (χ4v) is 1.64. The van der Waals surface area contributed by atoms with Crippen molar-refractivity contribution in [3.63, 3.8) is 0 Å². The van der Waals surface area contributed by atoms with E-state index in [1.165, 1.54) is 11.3 Å². The number of carboxylic acid groups (broad SMARTS) is 1. The van der Waals surface area contributed by atoms with E-state index in [1.807, 2.05) is 0 Å². The Morgan fingerprint density at radius 3 is 3.15 bits per heavy atom. The van der Waals surface area contributed by atoms with Gasteiger partial charge in [0.05, 0.1) is 13.2 Å². The standard InChI is InChI=1S/C9H10O3S/c1-2-4-12-6-7-3-5-13-8(7)9(10)11/h2-3,5H,1,4,6H2,(H,10,11). The van der Waals surface area contributed by atoms with Gasteiger partial charge >= 0.3 is 5.97 Å². The molecule has 0 unspecified atom stereocenters. The average Bonchev–Trinajstić information content (AvgIpc) is 2.53. The zero-order valence-electron chi connectivity index (χ0n) is 7.03. The summed E-state index contributed by atoms with van der Waals surface area (Å²) in [6, 6.07) is 1.76. The molecule has 0 aliphatic rings. The molecule has 1 N–H and O–H groups in total. The Morgan fingerprint density at radius 2 is 2.54 bits per heavy atom. The number of carbonyl (C=O) groups is 1. The summed E-state index contributed by atoms with van der Waals surface area (Å²) in [7, 11) is 0. The minimum absolute atomic E-state index is 0.331. The summed E-state index contributed by atoms with van der Waals surface area (Å²) >= 11 is 1.21. The lowest BCUT2D eigenvalue weighted by Crippen LogP contribution is -1.99. The van der Waals surface area contributed by atoms with E-state index in [9.17, 15) is 4.79 Å². The Morgan fingerprint density at radius 1 is 1.77 bits per heavy atom. The molecule has 1 aromatic heterocycles. The molecule has 0 amide bonds. The molecule has 0 saturated carbocycles. The minimum atomic E-state index is -0.896. The van der Waals surface area contributed by atoms with E-state index in [0.29, 0.717) is 18.1 Å². The van der Waals surface area contributed by atoms with Gasteiger partial charge in [-0.05, 0) is 11.4 Å². The third-order valence-corrected chi connectivity index (χ3v) is 2.38. The second-order valence-corrected chi connectivity index (χ2v) is 3.30. The predicted octanol–water partition coefficient (Wildman–Crippen LogP) is 2.15. The van der Waals surface area contributed by atoms with Gasteiger partial charge in [-0.2, -0.15) is 0 Å². The summed E-state index contributed by atoms with van der Waals surface area (Å²) in [5, 5.41) is 10.5. The molecule has 1 heterocycles. The van der Waals surface area contributed by atoms with Crippen molar-refractivity contribution in [2.45, 2.75) is 6.61 Å². The topological polar surface area (TPSA) is 46.5 Å². The molecular formula is C9H10O3S. The molecule has 0 radical (unpaired) electrons. The Kier molecular flexibility index (Phi) is 3.67. The first-order valence-corrected chi connectivity index (χ1v) is 4.62. The highest BCUT2D eigenvalue weighted by molar-refractivity contribution is 7.12. The van der Waals surface area contributed by atoms with Crippen LogP contribution < -0.4 is 0 Å². The van der Waals surface area contributed by atoms with E-state index in [2.05, 4.69) is 6.58 Å². The molecular weight excluding hydrogens is 188 g/mol. The lowest BCUT2D eigenvalue weighted by Gasteiger charge is -1.99. The largest absolute Gasteiger partial charge is 0.477 e. The lowest BCUT2D eigenvalue weighted by molar-refractivity contribution is 0.0696. The van der Waals surface area contributed by atoms with E-state index >= 15 is 0 Å².